The fourth-order valence-electron chi connectivity index (χ4n) is 3.29. The lowest BCUT2D eigenvalue weighted by molar-refractivity contribution is -0.138. The Kier molecular flexibility index (Phi) is 7.51. The smallest absolute Gasteiger partial charge is 0.330 e. The number of nitrogens with zero attached hydrogens (tertiary/aromatic N) is 1. The lowest BCUT2D eigenvalue weighted by atomic mass is 10.1. The van der Waals surface area contributed by atoms with E-state index < -0.39 is 67.9 Å². The monoisotopic (exact) mass is 498 g/mol. The summed E-state index contributed by atoms with van der Waals surface area (Å²) < 4.78 is 17.2. The number of nitrogens with one attached hydrogen (secondary N) is 3. The van der Waals surface area contributed by atoms with Gasteiger partial charge in [-0.15, -0.1) is 0 Å². The molecule has 2 heterocycles. The summed E-state index contributed by atoms with van der Waals surface area (Å²) in [7, 11) is -4.22. The molecule has 1 aliphatic rings. The van der Waals surface area contributed by atoms with Gasteiger partial charge in [-0.2, -0.15) is 0 Å². The van der Waals surface area contributed by atoms with Crippen molar-refractivity contribution in [1.82, 2.24) is 14.9 Å². The Labute approximate surface area is 191 Å². The van der Waals surface area contributed by atoms with Gasteiger partial charge in [0, 0.05) is 17.4 Å². The van der Waals surface area contributed by atoms with E-state index >= 15 is 0 Å². The molecule has 0 spiro atoms. The van der Waals surface area contributed by atoms with Gasteiger partial charge in [-0.25, -0.2) is 4.79 Å². The highest BCUT2D eigenvalue weighted by Crippen LogP contribution is 2.39. The van der Waals surface area contributed by atoms with Crippen LogP contribution in [0.4, 0.5) is 5.69 Å². The molecule has 1 aromatic heterocycles. The number of carbonyl (C=O) groups is 2. The molecule has 2 amide bonds. The van der Waals surface area contributed by atoms with Gasteiger partial charge < -0.3 is 35.4 Å². The van der Waals surface area contributed by atoms with E-state index in [1.807, 2.05) is 4.98 Å². The molecule has 15 heteroatoms. The summed E-state index contributed by atoms with van der Waals surface area (Å²) in [5.74, 6) is -1.57. The first-order valence-corrected chi connectivity index (χ1v) is 11.7. The van der Waals surface area contributed by atoms with E-state index in [0.717, 1.165) is 10.8 Å². The van der Waals surface area contributed by atoms with Crippen molar-refractivity contribution in [2.75, 3.05) is 11.9 Å². The molecule has 184 valence electrons. The van der Waals surface area contributed by atoms with Crippen LogP contribution in [-0.4, -0.2) is 66.2 Å². The summed E-state index contributed by atoms with van der Waals surface area (Å²) in [6.07, 6.45) is -5.75. The third-order valence-electron chi connectivity index (χ3n) is 4.97. The number of H-pyrrole nitrogens is 1. The minimum absolute atomic E-state index is 0.143. The Morgan fingerprint density at radius 1 is 1.15 bits per heavy atom. The zero-order valence-corrected chi connectivity index (χ0v) is 18.6. The summed E-state index contributed by atoms with van der Waals surface area (Å²) in [6, 6.07) is 5.72. The number of aryl methyl sites for hydroxylation is 1. The van der Waals surface area contributed by atoms with Crippen molar-refractivity contribution < 1.29 is 38.9 Å². The highest BCUT2D eigenvalue weighted by Gasteiger charge is 2.47. The predicted molar refractivity (Wildman–Crippen MR) is 116 cm³/mol. The Hall–Kier alpha value is -3.13. The third kappa shape index (κ3) is 6.05. The highest BCUT2D eigenvalue weighted by molar-refractivity contribution is 7.50. The van der Waals surface area contributed by atoms with E-state index in [4.69, 9.17) is 14.5 Å². The maximum absolute atomic E-state index is 12.4. The zero-order valence-electron chi connectivity index (χ0n) is 17.7. The standard InChI is InChI=1S/C19H23N4O10P/c1-9-7-23(19(29)22-16(9)27)18-14(26)13(25)15(33-18)17(28)20-6-12(24)21-11-4-2-10(3-5-11)8-34(30,31)32/h2-5,7,13-15,18,25-26H,6,8H2,1H3,(H,20,28)(H,21,24)(H,22,27,29)(H2,30,31,32)/t13-,14-,15-,18+/m0/s1. The van der Waals surface area contributed by atoms with E-state index in [0.29, 0.717) is 11.3 Å². The van der Waals surface area contributed by atoms with Crippen LogP contribution in [0.1, 0.15) is 17.4 Å². The van der Waals surface area contributed by atoms with Crippen molar-refractivity contribution in [2.45, 2.75) is 37.6 Å². The average Bonchev–Trinajstić information content (AvgIpc) is 3.04. The van der Waals surface area contributed by atoms with Crippen molar-refractivity contribution in [2.24, 2.45) is 0 Å². The van der Waals surface area contributed by atoms with Gasteiger partial charge in [0.2, 0.25) is 5.91 Å². The minimum atomic E-state index is -4.22. The molecule has 0 saturated carbocycles. The van der Waals surface area contributed by atoms with Crippen LogP contribution in [0.5, 0.6) is 0 Å². The fraction of sp³-hybridized carbons (Fsp3) is 0.368. The lowest BCUT2D eigenvalue weighted by Crippen LogP contribution is -2.45. The van der Waals surface area contributed by atoms with Gasteiger partial charge >= 0.3 is 13.3 Å². The topological polar surface area (TPSA) is 220 Å². The maximum atomic E-state index is 12.4. The van der Waals surface area contributed by atoms with E-state index in [1.165, 1.54) is 31.2 Å². The molecule has 14 nitrogen and oxygen atoms in total. The normalized spacial score (nSPS) is 22.4. The molecule has 1 aromatic carbocycles. The summed E-state index contributed by atoms with van der Waals surface area (Å²) in [5, 5.41) is 25.2. The van der Waals surface area contributed by atoms with Crippen LogP contribution in [0.15, 0.2) is 40.1 Å². The number of ether oxygens (including phenoxy) is 1. The summed E-state index contributed by atoms with van der Waals surface area (Å²) in [6.45, 7) is 0.897. The second kappa shape index (κ2) is 10.0. The molecule has 34 heavy (non-hydrogen) atoms. The number of carbonyl (C=O) groups excluding carboxylic acids is 2. The Morgan fingerprint density at radius 2 is 1.79 bits per heavy atom. The molecule has 4 atom stereocenters. The van der Waals surface area contributed by atoms with E-state index in [2.05, 4.69) is 10.6 Å². The van der Waals surface area contributed by atoms with Crippen LogP contribution >= 0.6 is 7.60 Å². The second-order valence-corrected chi connectivity index (χ2v) is 9.34. The number of anilines is 1. The zero-order chi connectivity index (χ0) is 25.2. The van der Waals surface area contributed by atoms with Crippen molar-refractivity contribution in [3.05, 3.63) is 62.4 Å². The molecule has 1 fully saturated rings. The molecule has 7 N–H and O–H groups in total. The highest BCUT2D eigenvalue weighted by atomic mass is 31.2. The van der Waals surface area contributed by atoms with Crippen LogP contribution in [0.2, 0.25) is 0 Å². The first-order chi connectivity index (χ1) is 15.9. The number of rotatable bonds is 7. The fourth-order valence-corrected chi connectivity index (χ4v) is 3.97. The number of aliphatic hydroxyl groups excluding tert-OH is 2. The van der Waals surface area contributed by atoms with Crippen LogP contribution in [0, 0.1) is 6.92 Å². The molecule has 2 aromatic rings. The molecule has 0 unspecified atom stereocenters. The number of benzene rings is 1. The van der Waals surface area contributed by atoms with Crippen molar-refractivity contribution >= 4 is 25.1 Å². The molecule has 3 rings (SSSR count). The quantitative estimate of drug-likeness (QED) is 0.206. The van der Waals surface area contributed by atoms with Crippen LogP contribution in [0.25, 0.3) is 0 Å². The number of aliphatic hydroxyl groups is 2. The summed E-state index contributed by atoms with van der Waals surface area (Å²) >= 11 is 0. The Balaban J connectivity index is 1.58. The predicted octanol–water partition coefficient (Wildman–Crippen LogP) is -2.10. The second-order valence-electron chi connectivity index (χ2n) is 7.69. The van der Waals surface area contributed by atoms with Gasteiger partial charge in [0.25, 0.3) is 11.5 Å². The molecule has 1 aliphatic heterocycles. The van der Waals surface area contributed by atoms with Gasteiger partial charge in [0.05, 0.1) is 12.7 Å². The average molecular weight is 498 g/mol. The van der Waals surface area contributed by atoms with Crippen molar-refractivity contribution in [3.8, 4) is 0 Å². The van der Waals surface area contributed by atoms with Gasteiger partial charge in [0.15, 0.2) is 12.3 Å². The molecular weight excluding hydrogens is 475 g/mol. The van der Waals surface area contributed by atoms with E-state index in [-0.39, 0.29) is 5.56 Å². The van der Waals surface area contributed by atoms with Crippen molar-refractivity contribution in [3.63, 3.8) is 0 Å². The molecule has 1 saturated heterocycles. The Bertz CT molecular complexity index is 1230. The van der Waals surface area contributed by atoms with Gasteiger partial charge in [-0.1, -0.05) is 12.1 Å². The van der Waals surface area contributed by atoms with E-state index in [9.17, 15) is 34.0 Å². The molecule has 0 radical (unpaired) electrons. The van der Waals surface area contributed by atoms with Gasteiger partial charge in [0.1, 0.15) is 12.2 Å². The number of hydrogen-bond donors (Lipinski definition) is 7. The minimum Gasteiger partial charge on any atom is -0.387 e. The van der Waals surface area contributed by atoms with E-state index in [1.54, 1.807) is 0 Å². The largest absolute Gasteiger partial charge is 0.387 e. The number of hydrogen-bond acceptors (Lipinski definition) is 8. The SMILES string of the molecule is Cc1cn([C@@H]2O[C@H](C(=O)NCC(=O)Nc3ccc(CP(=O)(O)O)cc3)[C@@H](O)[C@@H]2O)c(=O)[nH]c1=O. The molecule has 0 bridgehead atoms. The first-order valence-electron chi connectivity index (χ1n) is 9.90. The van der Waals surface area contributed by atoms with Gasteiger partial charge in [-0.3, -0.25) is 28.5 Å². The summed E-state index contributed by atoms with van der Waals surface area (Å²) in [4.78, 5) is 68.1. The van der Waals surface area contributed by atoms with Crippen LogP contribution in [-0.2, 0) is 25.1 Å². The maximum Gasteiger partial charge on any atom is 0.330 e. The number of aromatic amines is 1. The number of amides is 2. The van der Waals surface area contributed by atoms with Crippen LogP contribution < -0.4 is 21.9 Å². The molecule has 0 aliphatic carbocycles. The first kappa shape index (κ1) is 25.5. The molecular formula is C19H23N4O10P. The lowest BCUT2D eigenvalue weighted by Gasteiger charge is -2.17. The Morgan fingerprint density at radius 3 is 2.41 bits per heavy atom. The number of aromatic nitrogens is 2. The van der Waals surface area contributed by atoms with Gasteiger partial charge in [-0.05, 0) is 24.6 Å². The van der Waals surface area contributed by atoms with Crippen molar-refractivity contribution in [1.29, 1.82) is 0 Å². The van der Waals surface area contributed by atoms with Crippen LogP contribution in [0.3, 0.4) is 0 Å². The summed E-state index contributed by atoms with van der Waals surface area (Å²) in [5.41, 5.74) is -0.708. The third-order valence-corrected chi connectivity index (χ3v) is 5.74.